The zero-order valence-electron chi connectivity index (χ0n) is 10.0. The molecule has 0 unspecified atom stereocenters. The predicted octanol–water partition coefficient (Wildman–Crippen LogP) is 2.10. The van der Waals surface area contributed by atoms with E-state index in [1.807, 2.05) is 18.7 Å². The minimum atomic E-state index is -1.06. The van der Waals surface area contributed by atoms with E-state index in [0.29, 0.717) is 25.1 Å². The van der Waals surface area contributed by atoms with Gasteiger partial charge in [-0.05, 0) is 19.9 Å². The Morgan fingerprint density at radius 3 is 2.88 bits per heavy atom. The summed E-state index contributed by atoms with van der Waals surface area (Å²) in [5.74, 6) is -1.08. The molecule has 0 fully saturated rings. The summed E-state index contributed by atoms with van der Waals surface area (Å²) in [7, 11) is 0. The molecule has 0 saturated carbocycles. The number of hydrogen-bond acceptors (Lipinski definition) is 4. The highest BCUT2D eigenvalue weighted by Crippen LogP contribution is 2.15. The number of rotatable bonds is 6. The highest BCUT2D eigenvalue weighted by Gasteiger charge is 2.18. The van der Waals surface area contributed by atoms with E-state index in [1.165, 1.54) is 6.26 Å². The van der Waals surface area contributed by atoms with E-state index in [0.717, 1.165) is 0 Å². The molecular weight excluding hydrogens is 220 g/mol. The molecule has 1 aromatic heterocycles. The normalized spacial score (nSPS) is 10.8. The summed E-state index contributed by atoms with van der Waals surface area (Å²) in [5, 5.41) is 17.5. The van der Waals surface area contributed by atoms with Crippen molar-refractivity contribution in [2.24, 2.45) is 0 Å². The molecule has 0 amide bonds. The molecule has 0 aliphatic rings. The van der Waals surface area contributed by atoms with Crippen molar-refractivity contribution < 1.29 is 14.3 Å². The Hall–Kier alpha value is -1.80. The number of nitrogens with zero attached hydrogens (tertiary/aromatic N) is 2. The van der Waals surface area contributed by atoms with Gasteiger partial charge in [0.1, 0.15) is 0 Å². The molecule has 0 bridgehead atoms. The highest BCUT2D eigenvalue weighted by molar-refractivity contribution is 5.86. The highest BCUT2D eigenvalue weighted by atomic mass is 16.4. The molecule has 0 saturated heterocycles. The van der Waals surface area contributed by atoms with E-state index in [9.17, 15) is 4.79 Å². The SMILES string of the molecule is CC(C)N(CCC#N)Cc1ccoc1C(=O)O. The summed E-state index contributed by atoms with van der Waals surface area (Å²) in [6, 6.07) is 4.00. The smallest absolute Gasteiger partial charge is 0.372 e. The van der Waals surface area contributed by atoms with E-state index < -0.39 is 5.97 Å². The van der Waals surface area contributed by atoms with Crippen molar-refractivity contribution in [3.05, 3.63) is 23.7 Å². The van der Waals surface area contributed by atoms with Gasteiger partial charge >= 0.3 is 5.97 Å². The van der Waals surface area contributed by atoms with Crippen LogP contribution in [0.5, 0.6) is 0 Å². The van der Waals surface area contributed by atoms with Crippen molar-refractivity contribution in [2.45, 2.75) is 32.9 Å². The molecule has 5 heteroatoms. The number of carbonyl (C=O) groups is 1. The quantitative estimate of drug-likeness (QED) is 0.818. The van der Waals surface area contributed by atoms with Gasteiger partial charge < -0.3 is 9.52 Å². The Labute approximate surface area is 100 Å². The van der Waals surface area contributed by atoms with Gasteiger partial charge in [0.05, 0.1) is 12.3 Å². The summed E-state index contributed by atoms with van der Waals surface area (Å²) in [4.78, 5) is 12.9. The zero-order valence-corrected chi connectivity index (χ0v) is 10.0. The van der Waals surface area contributed by atoms with E-state index >= 15 is 0 Å². The van der Waals surface area contributed by atoms with Crippen LogP contribution >= 0.6 is 0 Å². The summed E-state index contributed by atoms with van der Waals surface area (Å²) in [6.07, 6.45) is 1.81. The number of aromatic carboxylic acids is 1. The molecule has 0 aliphatic heterocycles. The molecule has 0 aliphatic carbocycles. The van der Waals surface area contributed by atoms with Crippen molar-refractivity contribution in [2.75, 3.05) is 6.54 Å². The lowest BCUT2D eigenvalue weighted by atomic mass is 10.2. The van der Waals surface area contributed by atoms with Gasteiger partial charge in [0.2, 0.25) is 5.76 Å². The second kappa shape index (κ2) is 6.06. The minimum absolute atomic E-state index is 0.0207. The average Bonchev–Trinajstić information content (AvgIpc) is 2.71. The molecule has 1 aromatic rings. The van der Waals surface area contributed by atoms with Gasteiger partial charge in [-0.15, -0.1) is 0 Å². The molecular formula is C12H16N2O3. The van der Waals surface area contributed by atoms with Crippen molar-refractivity contribution in [1.82, 2.24) is 4.90 Å². The maximum absolute atomic E-state index is 10.9. The molecule has 0 aromatic carbocycles. The minimum Gasteiger partial charge on any atom is -0.475 e. The molecule has 5 nitrogen and oxygen atoms in total. The van der Waals surface area contributed by atoms with E-state index in [1.54, 1.807) is 6.07 Å². The molecule has 92 valence electrons. The van der Waals surface area contributed by atoms with Crippen LogP contribution < -0.4 is 0 Å². The maximum Gasteiger partial charge on any atom is 0.372 e. The van der Waals surface area contributed by atoms with E-state index in [2.05, 4.69) is 6.07 Å². The fourth-order valence-corrected chi connectivity index (χ4v) is 1.58. The van der Waals surface area contributed by atoms with Gasteiger partial charge in [0.15, 0.2) is 0 Å². The van der Waals surface area contributed by atoms with Gasteiger partial charge in [-0.1, -0.05) is 0 Å². The van der Waals surface area contributed by atoms with Crippen LogP contribution in [0.3, 0.4) is 0 Å². The maximum atomic E-state index is 10.9. The van der Waals surface area contributed by atoms with Gasteiger partial charge in [0.25, 0.3) is 0 Å². The number of furan rings is 1. The van der Waals surface area contributed by atoms with Gasteiger partial charge in [-0.3, -0.25) is 4.90 Å². The van der Waals surface area contributed by atoms with Crippen molar-refractivity contribution in [1.29, 1.82) is 5.26 Å². The topological polar surface area (TPSA) is 77.5 Å². The van der Waals surface area contributed by atoms with Crippen LogP contribution in [0.25, 0.3) is 0 Å². The Kier molecular flexibility index (Phi) is 4.73. The zero-order chi connectivity index (χ0) is 12.8. The Morgan fingerprint density at radius 1 is 1.65 bits per heavy atom. The van der Waals surface area contributed by atoms with Crippen molar-refractivity contribution in [3.63, 3.8) is 0 Å². The van der Waals surface area contributed by atoms with Gasteiger partial charge in [0, 0.05) is 31.1 Å². The summed E-state index contributed by atoms with van der Waals surface area (Å²) in [5.41, 5.74) is 0.643. The third kappa shape index (κ3) is 3.61. The van der Waals surface area contributed by atoms with E-state index in [4.69, 9.17) is 14.8 Å². The van der Waals surface area contributed by atoms with E-state index in [-0.39, 0.29) is 11.8 Å². The van der Waals surface area contributed by atoms with Crippen molar-refractivity contribution in [3.8, 4) is 6.07 Å². The largest absolute Gasteiger partial charge is 0.475 e. The lowest BCUT2D eigenvalue weighted by Gasteiger charge is -2.24. The number of carboxylic acid groups (broad SMARTS) is 1. The average molecular weight is 236 g/mol. The van der Waals surface area contributed by atoms with Crippen LogP contribution in [0.15, 0.2) is 16.7 Å². The number of nitriles is 1. The monoisotopic (exact) mass is 236 g/mol. The summed E-state index contributed by atoms with van der Waals surface area (Å²) in [6.45, 7) is 5.13. The molecule has 1 rings (SSSR count). The molecule has 0 radical (unpaired) electrons. The first-order chi connectivity index (χ1) is 8.06. The predicted molar refractivity (Wildman–Crippen MR) is 61.4 cm³/mol. The van der Waals surface area contributed by atoms with Gasteiger partial charge in [-0.2, -0.15) is 5.26 Å². The first-order valence-electron chi connectivity index (χ1n) is 5.47. The van der Waals surface area contributed by atoms with Crippen LogP contribution in [-0.2, 0) is 6.54 Å². The third-order valence-corrected chi connectivity index (χ3v) is 2.56. The first-order valence-corrected chi connectivity index (χ1v) is 5.47. The fraction of sp³-hybridized carbons (Fsp3) is 0.500. The first kappa shape index (κ1) is 13.3. The van der Waals surface area contributed by atoms with Crippen LogP contribution in [-0.4, -0.2) is 28.6 Å². The van der Waals surface area contributed by atoms with Crippen LogP contribution in [0.2, 0.25) is 0 Å². The Balaban J connectivity index is 2.75. The molecule has 17 heavy (non-hydrogen) atoms. The Bertz CT molecular complexity index is 418. The lowest BCUT2D eigenvalue weighted by molar-refractivity contribution is 0.0658. The fourth-order valence-electron chi connectivity index (χ4n) is 1.58. The molecule has 1 N–H and O–H groups in total. The molecule has 0 spiro atoms. The molecule has 0 atom stereocenters. The third-order valence-electron chi connectivity index (χ3n) is 2.56. The summed E-state index contributed by atoms with van der Waals surface area (Å²) < 4.78 is 4.92. The van der Waals surface area contributed by atoms with Crippen LogP contribution in [0, 0.1) is 11.3 Å². The number of carboxylic acids is 1. The standard InChI is InChI=1S/C12H16N2O3/c1-9(2)14(6-3-5-13)8-10-4-7-17-11(10)12(15)16/h4,7,9H,3,6,8H2,1-2H3,(H,15,16). The van der Waals surface area contributed by atoms with Crippen LogP contribution in [0.1, 0.15) is 36.4 Å². The lowest BCUT2D eigenvalue weighted by Crippen LogP contribution is -2.31. The second-order valence-corrected chi connectivity index (χ2v) is 4.05. The van der Waals surface area contributed by atoms with Crippen LogP contribution in [0.4, 0.5) is 0 Å². The van der Waals surface area contributed by atoms with Gasteiger partial charge in [-0.25, -0.2) is 4.79 Å². The molecule has 1 heterocycles. The summed E-state index contributed by atoms with van der Waals surface area (Å²) >= 11 is 0. The second-order valence-electron chi connectivity index (χ2n) is 4.05. The number of hydrogen-bond donors (Lipinski definition) is 1. The van der Waals surface area contributed by atoms with Crippen molar-refractivity contribution >= 4 is 5.97 Å². The Morgan fingerprint density at radius 2 is 2.35 bits per heavy atom.